The second-order valence-electron chi connectivity index (χ2n) is 4.93. The summed E-state index contributed by atoms with van der Waals surface area (Å²) in [5.41, 5.74) is 0.862. The third-order valence-electron chi connectivity index (χ3n) is 3.77. The minimum Gasteiger partial charge on any atom is -0.373 e. The van der Waals surface area contributed by atoms with Gasteiger partial charge in [0.1, 0.15) is 4.60 Å². The topological polar surface area (TPSA) is 51.5 Å². The summed E-state index contributed by atoms with van der Waals surface area (Å²) in [6, 6.07) is 0.367. The predicted octanol–water partition coefficient (Wildman–Crippen LogP) is 2.22. The van der Waals surface area contributed by atoms with Gasteiger partial charge in [0, 0.05) is 18.6 Å². The van der Waals surface area contributed by atoms with E-state index in [-0.39, 0.29) is 0 Å². The van der Waals surface area contributed by atoms with Gasteiger partial charge in [-0.2, -0.15) is 0 Å². The number of rotatable bonds is 2. The number of nitrogens with zero attached hydrogens (tertiary/aromatic N) is 3. The molecule has 3 atom stereocenters. The molecule has 2 aliphatic rings. The zero-order valence-electron chi connectivity index (χ0n) is 9.71. The maximum absolute atomic E-state index is 5.85. The van der Waals surface area contributed by atoms with E-state index in [1.165, 1.54) is 6.42 Å². The molecule has 1 N–H and O–H groups in total. The second kappa shape index (κ2) is 3.93. The summed E-state index contributed by atoms with van der Waals surface area (Å²) < 4.78 is 8.62. The van der Waals surface area contributed by atoms with E-state index in [0.717, 1.165) is 28.9 Å². The van der Waals surface area contributed by atoms with Crippen LogP contribution in [0.25, 0.3) is 5.65 Å². The van der Waals surface area contributed by atoms with Gasteiger partial charge < -0.3 is 14.5 Å². The van der Waals surface area contributed by atoms with E-state index >= 15 is 0 Å². The molecule has 0 aromatic carbocycles. The molecule has 0 aliphatic carbocycles. The quantitative estimate of drug-likeness (QED) is 0.924. The number of halogens is 1. The Morgan fingerprint density at radius 1 is 1.44 bits per heavy atom. The van der Waals surface area contributed by atoms with Gasteiger partial charge in [-0.1, -0.05) is 0 Å². The number of ether oxygens (including phenoxy) is 1. The fourth-order valence-electron chi connectivity index (χ4n) is 2.96. The van der Waals surface area contributed by atoms with Gasteiger partial charge in [-0.15, -0.1) is 0 Å². The van der Waals surface area contributed by atoms with Gasteiger partial charge in [0.05, 0.1) is 18.2 Å². The highest BCUT2D eigenvalue weighted by atomic mass is 79.9. The summed E-state index contributed by atoms with van der Waals surface area (Å²) in [7, 11) is 0. The molecule has 0 radical (unpaired) electrons. The van der Waals surface area contributed by atoms with Gasteiger partial charge >= 0.3 is 0 Å². The molecule has 4 rings (SSSR count). The molecule has 6 heteroatoms. The van der Waals surface area contributed by atoms with Crippen LogP contribution in [0.3, 0.4) is 0 Å². The summed E-state index contributed by atoms with van der Waals surface area (Å²) in [6.45, 7) is 0. The lowest BCUT2D eigenvalue weighted by atomic mass is 9.95. The lowest BCUT2D eigenvalue weighted by Crippen LogP contribution is -2.31. The van der Waals surface area contributed by atoms with Crippen molar-refractivity contribution in [3.8, 4) is 0 Å². The van der Waals surface area contributed by atoms with Gasteiger partial charge in [-0.25, -0.2) is 9.97 Å². The molecule has 18 heavy (non-hydrogen) atoms. The first-order valence-electron chi connectivity index (χ1n) is 6.21. The number of fused-ring (bicyclic) bond motifs is 3. The first-order chi connectivity index (χ1) is 8.79. The molecule has 3 unspecified atom stereocenters. The average molecular weight is 309 g/mol. The minimum absolute atomic E-state index is 0.339. The monoisotopic (exact) mass is 308 g/mol. The van der Waals surface area contributed by atoms with E-state index in [1.54, 1.807) is 6.20 Å². The zero-order valence-corrected chi connectivity index (χ0v) is 11.3. The number of hydrogen-bond acceptors (Lipinski definition) is 4. The van der Waals surface area contributed by atoms with E-state index < -0.39 is 0 Å². The van der Waals surface area contributed by atoms with Crippen LogP contribution in [0.2, 0.25) is 0 Å². The Hall–Kier alpha value is -1.14. The predicted molar refractivity (Wildman–Crippen MR) is 70.6 cm³/mol. The SMILES string of the molecule is Brc1cn2ccnc2c(NC2CC3CCC2O3)n1. The van der Waals surface area contributed by atoms with Crippen LogP contribution in [-0.4, -0.2) is 32.6 Å². The summed E-state index contributed by atoms with van der Waals surface area (Å²) in [5.74, 6) is 0.829. The molecule has 2 saturated heterocycles. The summed E-state index contributed by atoms with van der Waals surface area (Å²) in [5, 5.41) is 3.49. The molecule has 2 bridgehead atoms. The number of aromatic nitrogens is 3. The normalized spacial score (nSPS) is 30.2. The molecule has 0 amide bonds. The molecule has 5 nitrogen and oxygen atoms in total. The maximum Gasteiger partial charge on any atom is 0.180 e. The van der Waals surface area contributed by atoms with Crippen LogP contribution in [0.5, 0.6) is 0 Å². The third kappa shape index (κ3) is 1.63. The van der Waals surface area contributed by atoms with Crippen LogP contribution in [0.15, 0.2) is 23.2 Å². The first kappa shape index (κ1) is 10.8. The van der Waals surface area contributed by atoms with Crippen LogP contribution in [0.1, 0.15) is 19.3 Å². The maximum atomic E-state index is 5.85. The molecule has 2 aromatic rings. The van der Waals surface area contributed by atoms with Gasteiger partial charge in [-0.3, -0.25) is 0 Å². The van der Waals surface area contributed by atoms with Crippen molar-refractivity contribution in [1.29, 1.82) is 0 Å². The summed E-state index contributed by atoms with van der Waals surface area (Å²) >= 11 is 3.43. The first-order valence-corrected chi connectivity index (χ1v) is 7.00. The van der Waals surface area contributed by atoms with Crippen molar-refractivity contribution < 1.29 is 4.74 Å². The van der Waals surface area contributed by atoms with E-state index in [4.69, 9.17) is 4.74 Å². The molecule has 2 aliphatic heterocycles. The van der Waals surface area contributed by atoms with Gasteiger partial charge in [-0.05, 0) is 35.2 Å². The molecule has 94 valence electrons. The highest BCUT2D eigenvalue weighted by molar-refractivity contribution is 9.10. The highest BCUT2D eigenvalue weighted by Gasteiger charge is 2.41. The Labute approximate surface area is 113 Å². The van der Waals surface area contributed by atoms with E-state index in [9.17, 15) is 0 Å². The summed E-state index contributed by atoms with van der Waals surface area (Å²) in [6.07, 6.45) is 9.82. The Bertz CT molecular complexity index is 599. The minimum atomic E-state index is 0.339. The number of anilines is 1. The summed E-state index contributed by atoms with van der Waals surface area (Å²) in [4.78, 5) is 8.83. The Kier molecular flexibility index (Phi) is 2.35. The van der Waals surface area contributed by atoms with Crippen molar-refractivity contribution >= 4 is 27.4 Å². The Morgan fingerprint density at radius 3 is 3.17 bits per heavy atom. The largest absolute Gasteiger partial charge is 0.373 e. The Balaban J connectivity index is 1.68. The fourth-order valence-corrected chi connectivity index (χ4v) is 3.36. The van der Waals surface area contributed by atoms with Gasteiger partial charge in [0.2, 0.25) is 0 Å². The van der Waals surface area contributed by atoms with Crippen LogP contribution in [0, 0.1) is 0 Å². The van der Waals surface area contributed by atoms with E-state index in [0.29, 0.717) is 18.2 Å². The third-order valence-corrected chi connectivity index (χ3v) is 4.15. The molecule has 0 saturated carbocycles. The number of imidazole rings is 1. The fraction of sp³-hybridized carbons (Fsp3) is 0.500. The van der Waals surface area contributed by atoms with Crippen LogP contribution in [-0.2, 0) is 4.74 Å². The lowest BCUT2D eigenvalue weighted by molar-refractivity contribution is 0.102. The smallest absolute Gasteiger partial charge is 0.180 e. The van der Waals surface area contributed by atoms with Crippen LogP contribution < -0.4 is 5.32 Å². The number of hydrogen-bond donors (Lipinski definition) is 1. The van der Waals surface area contributed by atoms with Gasteiger partial charge in [0.15, 0.2) is 11.5 Å². The van der Waals surface area contributed by atoms with Crippen molar-refractivity contribution in [1.82, 2.24) is 14.4 Å². The van der Waals surface area contributed by atoms with Gasteiger partial charge in [0.25, 0.3) is 0 Å². The average Bonchev–Trinajstić information content (AvgIpc) is 3.02. The van der Waals surface area contributed by atoms with Crippen LogP contribution >= 0.6 is 15.9 Å². The second-order valence-corrected chi connectivity index (χ2v) is 5.74. The number of nitrogens with one attached hydrogen (secondary N) is 1. The van der Waals surface area contributed by atoms with Crippen molar-refractivity contribution in [3.05, 3.63) is 23.2 Å². The van der Waals surface area contributed by atoms with Crippen molar-refractivity contribution in [2.45, 2.75) is 37.5 Å². The molecule has 2 fully saturated rings. The molecule has 2 aromatic heterocycles. The van der Waals surface area contributed by atoms with E-state index in [1.807, 2.05) is 16.8 Å². The van der Waals surface area contributed by atoms with Crippen LogP contribution in [0.4, 0.5) is 5.82 Å². The lowest BCUT2D eigenvalue weighted by Gasteiger charge is -2.20. The highest BCUT2D eigenvalue weighted by Crippen LogP contribution is 2.36. The van der Waals surface area contributed by atoms with Crippen molar-refractivity contribution in [2.75, 3.05) is 5.32 Å². The molecular weight excluding hydrogens is 296 g/mol. The van der Waals surface area contributed by atoms with Crippen molar-refractivity contribution in [3.63, 3.8) is 0 Å². The zero-order chi connectivity index (χ0) is 12.1. The van der Waals surface area contributed by atoms with Crippen molar-refractivity contribution in [2.24, 2.45) is 0 Å². The molecular formula is C12H13BrN4O. The molecule has 0 spiro atoms. The molecule has 4 heterocycles. The Morgan fingerprint density at radius 2 is 2.39 bits per heavy atom. The standard InChI is InChI=1S/C12H13BrN4O/c13-10-6-17-4-3-14-12(17)11(16-10)15-8-5-7-1-2-9(8)18-7/h3-4,6-9H,1-2,5H2,(H,15,16). The van der Waals surface area contributed by atoms with E-state index in [2.05, 4.69) is 31.2 Å².